The van der Waals surface area contributed by atoms with Gasteiger partial charge in [-0.25, -0.2) is 0 Å². The first-order valence-corrected chi connectivity index (χ1v) is 5.11. The Bertz CT molecular complexity index is 391. The number of esters is 1. The number of carbonyl (C=O) groups excluding carboxylic acids is 2. The van der Waals surface area contributed by atoms with E-state index in [1.54, 1.807) is 0 Å². The molecule has 16 heavy (non-hydrogen) atoms. The summed E-state index contributed by atoms with van der Waals surface area (Å²) in [5, 5.41) is 1.58. The van der Waals surface area contributed by atoms with E-state index in [1.165, 1.54) is 19.2 Å². The molecule has 0 aromatic carbocycles. The van der Waals surface area contributed by atoms with E-state index < -0.39 is 17.3 Å². The Labute approximate surface area is 102 Å². The predicted octanol–water partition coefficient (Wildman–Crippen LogP) is 1.44. The van der Waals surface area contributed by atoms with Crippen LogP contribution in [0, 0.1) is 0 Å². The summed E-state index contributed by atoms with van der Waals surface area (Å²) in [6.45, 7) is -0.0502. The highest BCUT2D eigenvalue weighted by atomic mass is 35.5. The summed E-state index contributed by atoms with van der Waals surface area (Å²) < 4.78 is 9.25. The van der Waals surface area contributed by atoms with Crippen LogP contribution in [0.2, 0.25) is 5.22 Å². The minimum absolute atomic E-state index is 0.0502. The number of nitrogens with one attached hydrogen (secondary N) is 1. The van der Waals surface area contributed by atoms with Gasteiger partial charge in [-0.15, -0.1) is 11.6 Å². The van der Waals surface area contributed by atoms with Crippen molar-refractivity contribution >= 4 is 35.1 Å². The highest BCUT2D eigenvalue weighted by molar-refractivity contribution is 6.30. The van der Waals surface area contributed by atoms with Crippen molar-refractivity contribution in [3.63, 3.8) is 0 Å². The largest absolute Gasteiger partial charge is 0.468 e. The number of rotatable bonds is 4. The molecule has 0 saturated heterocycles. The van der Waals surface area contributed by atoms with Crippen LogP contribution in [0.5, 0.6) is 0 Å². The van der Waals surface area contributed by atoms with Gasteiger partial charge in [0, 0.05) is 6.54 Å². The lowest BCUT2D eigenvalue weighted by atomic mass is 10.4. The first kappa shape index (κ1) is 12.9. The van der Waals surface area contributed by atoms with Crippen molar-refractivity contribution < 1.29 is 18.7 Å². The highest BCUT2D eigenvalue weighted by Gasteiger charge is 2.18. The van der Waals surface area contributed by atoms with Gasteiger partial charge in [-0.1, -0.05) is 0 Å². The average molecular weight is 266 g/mol. The van der Waals surface area contributed by atoms with Crippen LogP contribution in [-0.2, 0) is 9.53 Å². The van der Waals surface area contributed by atoms with Gasteiger partial charge in [-0.05, 0) is 23.7 Å². The van der Waals surface area contributed by atoms with Crippen molar-refractivity contribution in [3.8, 4) is 0 Å². The zero-order valence-electron chi connectivity index (χ0n) is 8.33. The van der Waals surface area contributed by atoms with Crippen LogP contribution in [0.3, 0.4) is 0 Å². The predicted molar refractivity (Wildman–Crippen MR) is 57.7 cm³/mol. The molecule has 7 heteroatoms. The molecule has 1 unspecified atom stereocenters. The van der Waals surface area contributed by atoms with Crippen LogP contribution in [0.4, 0.5) is 0 Å². The normalized spacial score (nSPS) is 11.9. The van der Waals surface area contributed by atoms with Gasteiger partial charge in [-0.3, -0.25) is 9.59 Å². The fraction of sp³-hybridized carbons (Fsp3) is 0.333. The number of alkyl halides is 1. The summed E-state index contributed by atoms with van der Waals surface area (Å²) in [7, 11) is 1.21. The molecule has 0 aliphatic rings. The van der Waals surface area contributed by atoms with Crippen molar-refractivity contribution in [1.29, 1.82) is 0 Å². The number of halogens is 2. The van der Waals surface area contributed by atoms with Crippen LogP contribution in [-0.4, -0.2) is 30.9 Å². The standard InChI is InChI=1S/C9H9Cl2NO4/c1-15-9(14)5(10)4-12-8(13)6-2-3-7(11)16-6/h2-3,5H,4H2,1H3,(H,12,13). The van der Waals surface area contributed by atoms with Crippen LogP contribution < -0.4 is 5.32 Å². The molecule has 0 fully saturated rings. The Morgan fingerprint density at radius 2 is 2.25 bits per heavy atom. The van der Waals surface area contributed by atoms with Gasteiger partial charge in [0.15, 0.2) is 11.0 Å². The highest BCUT2D eigenvalue weighted by Crippen LogP contribution is 2.12. The number of furan rings is 1. The summed E-state index contributed by atoms with van der Waals surface area (Å²) >= 11 is 11.1. The molecule has 0 aliphatic carbocycles. The lowest BCUT2D eigenvalue weighted by Gasteiger charge is -2.07. The number of methoxy groups -OCH3 is 1. The summed E-state index contributed by atoms with van der Waals surface area (Å²) in [5.41, 5.74) is 0. The Morgan fingerprint density at radius 3 is 2.75 bits per heavy atom. The maximum atomic E-state index is 11.4. The molecule has 1 heterocycles. The molecule has 0 saturated carbocycles. The van der Waals surface area contributed by atoms with Gasteiger partial charge < -0.3 is 14.5 Å². The van der Waals surface area contributed by atoms with Crippen LogP contribution >= 0.6 is 23.2 Å². The van der Waals surface area contributed by atoms with Crippen molar-refractivity contribution in [2.45, 2.75) is 5.38 Å². The number of amides is 1. The van der Waals surface area contributed by atoms with Gasteiger partial charge in [-0.2, -0.15) is 0 Å². The first-order valence-electron chi connectivity index (χ1n) is 4.30. The topological polar surface area (TPSA) is 68.5 Å². The quantitative estimate of drug-likeness (QED) is 0.661. The molecule has 0 spiro atoms. The molecule has 1 amide bonds. The third kappa shape index (κ3) is 3.43. The number of hydrogen-bond donors (Lipinski definition) is 1. The molecular formula is C9H9Cl2NO4. The maximum absolute atomic E-state index is 11.4. The van der Waals surface area contributed by atoms with E-state index >= 15 is 0 Å². The molecule has 88 valence electrons. The summed E-state index contributed by atoms with van der Waals surface area (Å²) in [6.07, 6.45) is 0. The van der Waals surface area contributed by atoms with Gasteiger partial charge >= 0.3 is 5.97 Å². The van der Waals surface area contributed by atoms with E-state index in [2.05, 4.69) is 10.1 Å². The third-order valence-electron chi connectivity index (χ3n) is 1.70. The summed E-state index contributed by atoms with van der Waals surface area (Å²) in [4.78, 5) is 22.3. The molecule has 5 nitrogen and oxygen atoms in total. The SMILES string of the molecule is COC(=O)C(Cl)CNC(=O)c1ccc(Cl)o1. The van der Waals surface area contributed by atoms with Gasteiger partial charge in [0.25, 0.3) is 5.91 Å². The zero-order valence-corrected chi connectivity index (χ0v) is 9.84. The molecule has 1 aromatic heterocycles. The van der Waals surface area contributed by atoms with E-state index in [0.29, 0.717) is 0 Å². The molecular weight excluding hydrogens is 257 g/mol. The smallest absolute Gasteiger partial charge is 0.325 e. The second-order valence-corrected chi connectivity index (χ2v) is 3.70. The number of hydrogen-bond acceptors (Lipinski definition) is 4. The fourth-order valence-corrected chi connectivity index (χ4v) is 1.23. The number of carbonyl (C=O) groups is 2. The third-order valence-corrected chi connectivity index (χ3v) is 2.23. The van der Waals surface area contributed by atoms with E-state index in [1.807, 2.05) is 0 Å². The molecule has 1 rings (SSSR count). The van der Waals surface area contributed by atoms with Gasteiger partial charge in [0.05, 0.1) is 7.11 Å². The molecule has 1 aromatic rings. The fourth-order valence-electron chi connectivity index (χ4n) is 0.917. The summed E-state index contributed by atoms with van der Waals surface area (Å²) in [6, 6.07) is 2.86. The minimum atomic E-state index is -0.931. The zero-order chi connectivity index (χ0) is 12.1. The average Bonchev–Trinajstić information content (AvgIpc) is 2.71. The minimum Gasteiger partial charge on any atom is -0.468 e. The lowest BCUT2D eigenvalue weighted by molar-refractivity contribution is -0.140. The molecule has 1 N–H and O–H groups in total. The first-order chi connectivity index (χ1) is 7.54. The second-order valence-electron chi connectivity index (χ2n) is 2.80. The lowest BCUT2D eigenvalue weighted by Crippen LogP contribution is -2.34. The van der Waals surface area contributed by atoms with Crippen LogP contribution in [0.25, 0.3) is 0 Å². The molecule has 0 bridgehead atoms. The molecule has 1 atom stereocenters. The van der Waals surface area contributed by atoms with Gasteiger partial charge in [0.2, 0.25) is 0 Å². The van der Waals surface area contributed by atoms with Crippen LogP contribution in [0.15, 0.2) is 16.5 Å². The van der Waals surface area contributed by atoms with Gasteiger partial charge in [0.1, 0.15) is 5.38 Å². The Kier molecular flexibility index (Phi) is 4.64. The van der Waals surface area contributed by atoms with E-state index in [0.717, 1.165) is 0 Å². The van der Waals surface area contributed by atoms with Crippen molar-refractivity contribution in [2.24, 2.45) is 0 Å². The van der Waals surface area contributed by atoms with E-state index in [9.17, 15) is 9.59 Å². The maximum Gasteiger partial charge on any atom is 0.325 e. The Hall–Kier alpha value is -1.20. The Morgan fingerprint density at radius 1 is 1.56 bits per heavy atom. The Balaban J connectivity index is 2.44. The molecule has 0 aliphatic heterocycles. The van der Waals surface area contributed by atoms with Crippen LogP contribution in [0.1, 0.15) is 10.6 Å². The van der Waals surface area contributed by atoms with E-state index in [-0.39, 0.29) is 17.5 Å². The van der Waals surface area contributed by atoms with E-state index in [4.69, 9.17) is 27.6 Å². The second kappa shape index (κ2) is 5.77. The molecule has 0 radical (unpaired) electrons. The number of ether oxygens (including phenoxy) is 1. The monoisotopic (exact) mass is 265 g/mol. The van der Waals surface area contributed by atoms with Crippen molar-refractivity contribution in [2.75, 3.05) is 13.7 Å². The van der Waals surface area contributed by atoms with Crippen molar-refractivity contribution in [3.05, 3.63) is 23.1 Å². The summed E-state index contributed by atoms with van der Waals surface area (Å²) in [5.74, 6) is -1.06. The van der Waals surface area contributed by atoms with Crippen molar-refractivity contribution in [1.82, 2.24) is 5.32 Å².